The molecule has 1 aliphatic heterocycles. The fourth-order valence-electron chi connectivity index (χ4n) is 1.73. The molecule has 2 atom stereocenters. The number of rotatable bonds is 2. The van der Waals surface area contributed by atoms with E-state index in [1.807, 2.05) is 6.92 Å². The van der Waals surface area contributed by atoms with Gasteiger partial charge in [-0.3, -0.25) is 4.79 Å². The van der Waals surface area contributed by atoms with Crippen molar-refractivity contribution in [1.82, 2.24) is 0 Å². The van der Waals surface area contributed by atoms with E-state index >= 15 is 0 Å². The summed E-state index contributed by atoms with van der Waals surface area (Å²) in [5, 5.41) is 3.46. The Morgan fingerprint density at radius 3 is 2.71 bits per heavy atom. The van der Waals surface area contributed by atoms with Crippen LogP contribution in [0.25, 0.3) is 0 Å². The molecule has 2 unspecified atom stereocenters. The van der Waals surface area contributed by atoms with E-state index < -0.39 is 5.41 Å². The van der Waals surface area contributed by atoms with E-state index in [0.717, 1.165) is 0 Å². The molecule has 0 bridgehead atoms. The van der Waals surface area contributed by atoms with Gasteiger partial charge in [-0.1, -0.05) is 11.6 Å². The average Bonchev–Trinajstić information content (AvgIpc) is 2.64. The molecule has 5 heteroatoms. The molecule has 1 aromatic carbocycles. The second-order valence-electron chi connectivity index (χ2n) is 4.50. The smallest absolute Gasteiger partial charge is 0.234 e. The molecule has 4 nitrogen and oxygen atoms in total. The fourth-order valence-corrected chi connectivity index (χ4v) is 1.86. The average molecular weight is 255 g/mol. The SMILES string of the molecule is CC1(C(=O)Nc2ccc(Cl)cc2)COCC1N. The highest BCUT2D eigenvalue weighted by Crippen LogP contribution is 2.28. The Bertz CT molecular complexity index is 421. The van der Waals surface area contributed by atoms with E-state index in [1.54, 1.807) is 24.3 Å². The van der Waals surface area contributed by atoms with Crippen molar-refractivity contribution in [1.29, 1.82) is 0 Å². The van der Waals surface area contributed by atoms with Crippen LogP contribution in [0.5, 0.6) is 0 Å². The van der Waals surface area contributed by atoms with E-state index in [0.29, 0.717) is 23.9 Å². The summed E-state index contributed by atoms with van der Waals surface area (Å²) in [4.78, 5) is 12.1. The zero-order valence-electron chi connectivity index (χ0n) is 9.57. The highest BCUT2D eigenvalue weighted by atomic mass is 35.5. The summed E-state index contributed by atoms with van der Waals surface area (Å²) in [5.41, 5.74) is 5.93. The Kier molecular flexibility index (Phi) is 3.38. The van der Waals surface area contributed by atoms with E-state index in [1.165, 1.54) is 0 Å². The summed E-state index contributed by atoms with van der Waals surface area (Å²) in [6.45, 7) is 2.59. The van der Waals surface area contributed by atoms with Crippen molar-refractivity contribution in [2.24, 2.45) is 11.1 Å². The Balaban J connectivity index is 2.09. The third kappa shape index (κ3) is 2.44. The lowest BCUT2D eigenvalue weighted by Crippen LogP contribution is -2.47. The van der Waals surface area contributed by atoms with Crippen LogP contribution >= 0.6 is 11.6 Å². The first-order valence-electron chi connectivity index (χ1n) is 5.43. The van der Waals surface area contributed by atoms with Gasteiger partial charge in [-0.05, 0) is 31.2 Å². The van der Waals surface area contributed by atoms with Gasteiger partial charge in [-0.2, -0.15) is 0 Å². The summed E-state index contributed by atoms with van der Waals surface area (Å²) in [7, 11) is 0. The van der Waals surface area contributed by atoms with Crippen LogP contribution in [0.15, 0.2) is 24.3 Å². The maximum absolute atomic E-state index is 12.1. The van der Waals surface area contributed by atoms with Crippen LogP contribution in [0.2, 0.25) is 5.02 Å². The molecule has 1 amide bonds. The van der Waals surface area contributed by atoms with Crippen molar-refractivity contribution in [3.05, 3.63) is 29.3 Å². The van der Waals surface area contributed by atoms with Crippen LogP contribution in [-0.4, -0.2) is 25.2 Å². The normalized spacial score (nSPS) is 28.1. The van der Waals surface area contributed by atoms with Crippen LogP contribution in [0.1, 0.15) is 6.92 Å². The molecule has 1 aliphatic rings. The monoisotopic (exact) mass is 254 g/mol. The van der Waals surface area contributed by atoms with Crippen molar-refractivity contribution >= 4 is 23.2 Å². The van der Waals surface area contributed by atoms with Crippen molar-refractivity contribution in [2.75, 3.05) is 18.5 Å². The van der Waals surface area contributed by atoms with Crippen molar-refractivity contribution < 1.29 is 9.53 Å². The second kappa shape index (κ2) is 4.64. The Labute approximate surface area is 105 Å². The molecule has 0 aromatic heterocycles. The van der Waals surface area contributed by atoms with Gasteiger partial charge in [0.15, 0.2) is 0 Å². The third-order valence-electron chi connectivity index (χ3n) is 3.14. The molecule has 1 heterocycles. The van der Waals surface area contributed by atoms with Crippen LogP contribution in [0.4, 0.5) is 5.69 Å². The minimum atomic E-state index is -0.667. The molecule has 3 N–H and O–H groups in total. The first-order chi connectivity index (χ1) is 8.02. The van der Waals surface area contributed by atoms with E-state index in [2.05, 4.69) is 5.32 Å². The predicted molar refractivity (Wildman–Crippen MR) is 67.0 cm³/mol. The Hall–Kier alpha value is -1.10. The van der Waals surface area contributed by atoms with Gasteiger partial charge in [0.1, 0.15) is 0 Å². The van der Waals surface area contributed by atoms with Gasteiger partial charge >= 0.3 is 0 Å². The van der Waals surface area contributed by atoms with Gasteiger partial charge in [0, 0.05) is 16.8 Å². The quantitative estimate of drug-likeness (QED) is 0.843. The zero-order valence-corrected chi connectivity index (χ0v) is 10.3. The Morgan fingerprint density at radius 2 is 2.18 bits per heavy atom. The number of ether oxygens (including phenoxy) is 1. The summed E-state index contributed by atoms with van der Waals surface area (Å²) < 4.78 is 5.24. The number of hydrogen-bond donors (Lipinski definition) is 2. The molecule has 0 saturated carbocycles. The largest absolute Gasteiger partial charge is 0.379 e. The maximum Gasteiger partial charge on any atom is 0.234 e. The molecule has 0 aliphatic carbocycles. The molecule has 0 radical (unpaired) electrons. The molecule has 17 heavy (non-hydrogen) atoms. The number of carbonyl (C=O) groups excluding carboxylic acids is 1. The standard InChI is InChI=1S/C12H15ClN2O2/c1-12(7-17-6-10(12)14)11(16)15-9-4-2-8(13)3-5-9/h2-5,10H,6-7,14H2,1H3,(H,15,16). The lowest BCUT2D eigenvalue weighted by molar-refractivity contribution is -0.125. The van der Waals surface area contributed by atoms with Gasteiger partial charge in [0.2, 0.25) is 5.91 Å². The number of amides is 1. The number of nitrogens with one attached hydrogen (secondary N) is 1. The van der Waals surface area contributed by atoms with Crippen LogP contribution < -0.4 is 11.1 Å². The number of anilines is 1. The first kappa shape index (κ1) is 12.4. The molecule has 1 saturated heterocycles. The minimum absolute atomic E-state index is 0.121. The summed E-state index contributed by atoms with van der Waals surface area (Å²) in [6.07, 6.45) is 0. The molecule has 1 fully saturated rings. The number of hydrogen-bond acceptors (Lipinski definition) is 3. The number of benzene rings is 1. The fraction of sp³-hybridized carbons (Fsp3) is 0.417. The summed E-state index contributed by atoms with van der Waals surface area (Å²) in [6, 6.07) is 6.69. The molecule has 0 spiro atoms. The van der Waals surface area contributed by atoms with Crippen molar-refractivity contribution in [2.45, 2.75) is 13.0 Å². The lowest BCUT2D eigenvalue weighted by Gasteiger charge is -2.25. The predicted octanol–water partition coefficient (Wildman–Crippen LogP) is 1.64. The van der Waals surface area contributed by atoms with Gasteiger partial charge < -0.3 is 15.8 Å². The second-order valence-corrected chi connectivity index (χ2v) is 4.94. The molecule has 2 rings (SSSR count). The topological polar surface area (TPSA) is 64.3 Å². The van der Waals surface area contributed by atoms with E-state index in [-0.39, 0.29) is 11.9 Å². The Morgan fingerprint density at radius 1 is 1.53 bits per heavy atom. The highest BCUT2D eigenvalue weighted by molar-refractivity contribution is 6.30. The van der Waals surface area contributed by atoms with E-state index in [9.17, 15) is 4.79 Å². The number of carbonyl (C=O) groups is 1. The highest BCUT2D eigenvalue weighted by Gasteiger charge is 2.44. The molecular weight excluding hydrogens is 240 g/mol. The molecule has 92 valence electrons. The van der Waals surface area contributed by atoms with Gasteiger partial charge in [0.25, 0.3) is 0 Å². The molecular formula is C12H15ClN2O2. The van der Waals surface area contributed by atoms with Crippen LogP contribution in [0, 0.1) is 5.41 Å². The van der Waals surface area contributed by atoms with Crippen molar-refractivity contribution in [3.8, 4) is 0 Å². The summed E-state index contributed by atoms with van der Waals surface area (Å²) >= 11 is 5.77. The summed E-state index contributed by atoms with van der Waals surface area (Å²) in [5.74, 6) is -0.121. The van der Waals surface area contributed by atoms with Gasteiger partial charge in [0.05, 0.1) is 18.6 Å². The van der Waals surface area contributed by atoms with Crippen LogP contribution in [0.3, 0.4) is 0 Å². The number of halogens is 1. The maximum atomic E-state index is 12.1. The first-order valence-corrected chi connectivity index (χ1v) is 5.80. The lowest BCUT2D eigenvalue weighted by atomic mass is 9.85. The number of nitrogens with two attached hydrogens (primary N) is 1. The van der Waals surface area contributed by atoms with Crippen molar-refractivity contribution in [3.63, 3.8) is 0 Å². The third-order valence-corrected chi connectivity index (χ3v) is 3.39. The minimum Gasteiger partial charge on any atom is -0.379 e. The molecule has 1 aromatic rings. The van der Waals surface area contributed by atoms with Gasteiger partial charge in [-0.25, -0.2) is 0 Å². The zero-order chi connectivity index (χ0) is 12.5. The van der Waals surface area contributed by atoms with E-state index in [4.69, 9.17) is 22.1 Å². The van der Waals surface area contributed by atoms with Crippen LogP contribution in [-0.2, 0) is 9.53 Å². The van der Waals surface area contributed by atoms with Gasteiger partial charge in [-0.15, -0.1) is 0 Å².